The van der Waals surface area contributed by atoms with Crippen molar-refractivity contribution in [2.24, 2.45) is 0 Å². The third kappa shape index (κ3) is 7.25. The van der Waals surface area contributed by atoms with Crippen LogP contribution in [0.4, 0.5) is 9.59 Å². The van der Waals surface area contributed by atoms with E-state index in [1.54, 1.807) is 0 Å². The Morgan fingerprint density at radius 3 is 1.81 bits per heavy atom. The maximum absolute atomic E-state index is 13.4. The van der Waals surface area contributed by atoms with Gasteiger partial charge in [-0.05, 0) is 41.0 Å². The van der Waals surface area contributed by atoms with Crippen molar-refractivity contribution in [3.05, 3.63) is 0 Å². The third-order valence-electron chi connectivity index (χ3n) is 4.67. The Kier molecular flexibility index (Phi) is 9.15. The van der Waals surface area contributed by atoms with Crippen molar-refractivity contribution in [1.29, 1.82) is 0 Å². The molecule has 0 spiro atoms. The van der Waals surface area contributed by atoms with Gasteiger partial charge in [0, 0.05) is 18.7 Å². The average molecular weight is 465 g/mol. The van der Waals surface area contributed by atoms with E-state index in [2.05, 4.69) is 0 Å². The minimum absolute atomic E-state index is 0.323. The van der Waals surface area contributed by atoms with Crippen molar-refractivity contribution in [1.82, 2.24) is 9.80 Å². The Balaban J connectivity index is 3.46. The summed E-state index contributed by atoms with van der Waals surface area (Å²) in [6.45, 7) is 6.13. The molecule has 178 valence electrons. The summed E-state index contributed by atoms with van der Waals surface area (Å²) >= 11 is 1.48. The number of aliphatic carboxylic acids is 1. The molecule has 11 nitrogen and oxygen atoms in total. The second kappa shape index (κ2) is 10.5. The maximum atomic E-state index is 13.4. The lowest BCUT2D eigenvalue weighted by molar-refractivity contribution is -0.145. The lowest BCUT2D eigenvalue weighted by atomic mass is 9.92. The van der Waals surface area contributed by atoms with Gasteiger partial charge in [-0.3, -0.25) is 9.59 Å². The molecule has 0 unspecified atom stereocenters. The van der Waals surface area contributed by atoms with Gasteiger partial charge in [-0.15, -0.1) is 11.8 Å². The highest BCUT2D eigenvalue weighted by atomic mass is 32.2. The molecule has 3 amide bonds. The number of amides is 3. The molecule has 31 heavy (non-hydrogen) atoms. The molecule has 0 aromatic rings. The number of carboxylic acids is 1. The summed E-state index contributed by atoms with van der Waals surface area (Å²) in [4.78, 5) is 52.6. The fraction of sp³-hybridized carbons (Fsp3) is 0.789. The molecule has 1 saturated heterocycles. The number of nitrogens with zero attached hydrogens (tertiary/aromatic N) is 2. The molecule has 0 aromatic heterocycles. The molecule has 0 saturated carbocycles. The van der Waals surface area contributed by atoms with Crippen molar-refractivity contribution in [2.45, 2.75) is 64.2 Å². The van der Waals surface area contributed by atoms with E-state index in [0.29, 0.717) is 23.1 Å². The molecule has 1 aliphatic rings. The number of ether oxygens (including phenoxy) is 2. The van der Waals surface area contributed by atoms with Crippen LogP contribution in [0.2, 0.25) is 0 Å². The van der Waals surface area contributed by atoms with Gasteiger partial charge in [0.15, 0.2) is 0 Å². The highest BCUT2D eigenvalue weighted by Crippen LogP contribution is 2.31. The average Bonchev–Trinajstić information content (AvgIpc) is 3.19. The summed E-state index contributed by atoms with van der Waals surface area (Å²) in [5, 5.41) is 28.1. The molecule has 0 radical (unpaired) electrons. The van der Waals surface area contributed by atoms with Gasteiger partial charge in [-0.2, -0.15) is 4.90 Å². The first kappa shape index (κ1) is 27.0. The lowest BCUT2D eigenvalue weighted by Crippen LogP contribution is -2.63. The number of hydrogen-bond donors (Lipinski definition) is 3. The normalized spacial score (nSPS) is 16.4. The third-order valence-corrected chi connectivity index (χ3v) is 5.64. The monoisotopic (exact) mass is 464 g/mol. The minimum Gasteiger partial charge on any atom is -0.481 e. The van der Waals surface area contributed by atoms with E-state index in [1.807, 2.05) is 0 Å². The maximum Gasteiger partial charge on any atom is 0.420 e. The second-order valence-electron chi connectivity index (χ2n) is 8.68. The number of thioether (sulfide) groups is 1. The molecule has 0 bridgehead atoms. The van der Waals surface area contributed by atoms with E-state index in [9.17, 15) is 34.5 Å². The van der Waals surface area contributed by atoms with Gasteiger partial charge in [0.1, 0.15) is 16.7 Å². The van der Waals surface area contributed by atoms with E-state index in [0.717, 1.165) is 0 Å². The molecular formula is C19H32N2O9S. The number of imide groups is 1. The van der Waals surface area contributed by atoms with Crippen LogP contribution in [-0.4, -0.2) is 97.3 Å². The summed E-state index contributed by atoms with van der Waals surface area (Å²) in [5.41, 5.74) is -4.71. The van der Waals surface area contributed by atoms with Crippen molar-refractivity contribution in [3.63, 3.8) is 0 Å². The van der Waals surface area contributed by atoms with Crippen molar-refractivity contribution >= 4 is 35.8 Å². The Morgan fingerprint density at radius 2 is 1.45 bits per heavy atom. The highest BCUT2D eigenvalue weighted by Gasteiger charge is 2.51. The van der Waals surface area contributed by atoms with Crippen LogP contribution in [0.5, 0.6) is 0 Å². The van der Waals surface area contributed by atoms with Crippen LogP contribution in [0.25, 0.3) is 0 Å². The quantitative estimate of drug-likeness (QED) is 0.454. The summed E-state index contributed by atoms with van der Waals surface area (Å²) in [6.07, 6.45) is -3.43. The van der Waals surface area contributed by atoms with Crippen LogP contribution in [0.15, 0.2) is 0 Å². The second-order valence-corrected chi connectivity index (χ2v) is 9.76. The Bertz CT molecular complexity index is 662. The largest absolute Gasteiger partial charge is 0.481 e. The van der Waals surface area contributed by atoms with Gasteiger partial charge in [0.2, 0.25) is 5.91 Å². The number of hydrogen-bond acceptors (Lipinski definition) is 9. The molecule has 1 rings (SSSR count). The van der Waals surface area contributed by atoms with E-state index >= 15 is 0 Å². The topological polar surface area (TPSA) is 154 Å². The van der Waals surface area contributed by atoms with Gasteiger partial charge in [0.25, 0.3) is 0 Å². The van der Waals surface area contributed by atoms with Crippen LogP contribution in [0, 0.1) is 0 Å². The van der Waals surface area contributed by atoms with Gasteiger partial charge in [-0.25, -0.2) is 9.59 Å². The fourth-order valence-corrected chi connectivity index (χ4v) is 3.63. The number of aliphatic hydroxyl groups excluding tert-OH is 2. The van der Waals surface area contributed by atoms with Gasteiger partial charge < -0.3 is 29.7 Å². The molecular weight excluding hydrogens is 432 g/mol. The number of rotatable bonds is 9. The zero-order chi connectivity index (χ0) is 24.0. The number of carbonyl (C=O) groups is 4. The molecule has 12 heteroatoms. The highest BCUT2D eigenvalue weighted by molar-refractivity contribution is 7.99. The van der Waals surface area contributed by atoms with Gasteiger partial charge in [-0.1, -0.05) is 0 Å². The molecule has 0 aromatic carbocycles. The minimum atomic E-state index is -1.94. The van der Waals surface area contributed by atoms with Crippen LogP contribution in [0.1, 0.15) is 47.5 Å². The zero-order valence-electron chi connectivity index (χ0n) is 18.5. The zero-order valence-corrected chi connectivity index (χ0v) is 19.4. The van der Waals surface area contributed by atoms with Crippen LogP contribution in [0.3, 0.4) is 0 Å². The molecule has 0 aliphatic carbocycles. The first-order valence-electron chi connectivity index (χ1n) is 9.76. The van der Waals surface area contributed by atoms with E-state index in [-0.39, 0.29) is 6.42 Å². The van der Waals surface area contributed by atoms with Crippen molar-refractivity contribution < 1.29 is 44.0 Å². The van der Waals surface area contributed by atoms with E-state index in [4.69, 9.17) is 9.47 Å². The molecule has 1 heterocycles. The van der Waals surface area contributed by atoms with Crippen molar-refractivity contribution in [2.75, 3.05) is 31.4 Å². The van der Waals surface area contributed by atoms with Crippen molar-refractivity contribution in [3.8, 4) is 0 Å². The molecule has 1 fully saturated rings. The first-order chi connectivity index (χ1) is 14.2. The number of aliphatic hydroxyl groups is 2. The summed E-state index contributed by atoms with van der Waals surface area (Å²) in [7, 11) is 0. The predicted octanol–water partition coefficient (Wildman–Crippen LogP) is 1.26. The van der Waals surface area contributed by atoms with E-state index in [1.165, 1.54) is 51.3 Å². The summed E-state index contributed by atoms with van der Waals surface area (Å²) in [5.74, 6) is -0.867. The van der Waals surface area contributed by atoms with Crippen LogP contribution < -0.4 is 0 Å². The van der Waals surface area contributed by atoms with E-state index < -0.39 is 60.4 Å². The predicted molar refractivity (Wildman–Crippen MR) is 111 cm³/mol. The SMILES string of the molecule is CC(C)(CO)OC(=O)N(C(=O)OC(C)(C)CO)[C@@](C)(CCC(=O)O)C(=O)N1CCSC1. The Morgan fingerprint density at radius 1 is 0.968 bits per heavy atom. The van der Waals surface area contributed by atoms with Crippen LogP contribution in [-0.2, 0) is 19.1 Å². The van der Waals surface area contributed by atoms with Gasteiger partial charge >= 0.3 is 18.2 Å². The summed E-state index contributed by atoms with van der Waals surface area (Å²) in [6, 6.07) is 0. The van der Waals surface area contributed by atoms with Gasteiger partial charge in [0.05, 0.1) is 19.1 Å². The lowest BCUT2D eigenvalue weighted by Gasteiger charge is -2.41. The Labute approximate surface area is 185 Å². The number of carboxylic acid groups (broad SMARTS) is 1. The standard InChI is InChI=1S/C19H32N2O9S/c1-17(2,10-22)29-15(27)21(16(28)30-18(3,4)11-23)19(5,7-6-13(24)25)14(26)20-8-9-31-12-20/h22-23H,6-12H2,1-5H3,(H,24,25)/t19-/m0/s1. The van der Waals surface area contributed by atoms with Crippen LogP contribution >= 0.6 is 11.8 Å². The number of carbonyl (C=O) groups excluding carboxylic acids is 3. The fourth-order valence-electron chi connectivity index (χ4n) is 2.69. The molecule has 3 N–H and O–H groups in total. The first-order valence-corrected chi connectivity index (χ1v) is 10.9. The molecule has 1 atom stereocenters. The smallest absolute Gasteiger partial charge is 0.420 e. The summed E-state index contributed by atoms with van der Waals surface area (Å²) < 4.78 is 10.5. The Hall–Kier alpha value is -2.05. The molecule has 1 aliphatic heterocycles.